The van der Waals surface area contributed by atoms with Crippen molar-refractivity contribution in [2.45, 2.75) is 37.2 Å². The number of sulfone groups is 1. The van der Waals surface area contributed by atoms with E-state index in [0.29, 0.717) is 23.8 Å². The highest BCUT2D eigenvalue weighted by Gasteiger charge is 2.49. The molecule has 0 unspecified atom stereocenters. The van der Waals surface area contributed by atoms with Gasteiger partial charge in [0.15, 0.2) is 20.8 Å². The summed E-state index contributed by atoms with van der Waals surface area (Å²) in [5.74, 6) is -0.242. The fraction of sp³-hybridized carbons (Fsp3) is 0.500. The predicted octanol–water partition coefficient (Wildman–Crippen LogP) is 1.67. The number of carbonyl (C=O) groups is 2. The van der Waals surface area contributed by atoms with Gasteiger partial charge in [0, 0.05) is 23.1 Å². The maximum absolute atomic E-state index is 12.5. The molecule has 27 heavy (non-hydrogen) atoms. The Morgan fingerprint density at radius 1 is 1.22 bits per heavy atom. The summed E-state index contributed by atoms with van der Waals surface area (Å²) in [5.41, 5.74) is 1.31. The molecule has 0 aliphatic carbocycles. The molecule has 0 N–H and O–H groups in total. The van der Waals surface area contributed by atoms with Crippen molar-refractivity contribution in [3.63, 3.8) is 0 Å². The van der Waals surface area contributed by atoms with Gasteiger partial charge in [-0.25, -0.2) is 8.42 Å². The van der Waals surface area contributed by atoms with Crippen molar-refractivity contribution in [2.24, 2.45) is 4.99 Å². The summed E-state index contributed by atoms with van der Waals surface area (Å²) in [7, 11) is -3.12. The normalized spacial score (nSPS) is 30.6. The van der Waals surface area contributed by atoms with Crippen LogP contribution >= 0.6 is 11.8 Å². The Morgan fingerprint density at radius 3 is 2.59 bits per heavy atom. The lowest BCUT2D eigenvalue weighted by Crippen LogP contribution is -2.38. The number of rotatable bonds is 3. The molecule has 7 nitrogen and oxygen atoms in total. The number of anilines is 1. The Bertz CT molecular complexity index is 904. The largest absolute Gasteiger partial charge is 0.368 e. The molecule has 1 aromatic carbocycles. The van der Waals surface area contributed by atoms with Crippen LogP contribution in [0.2, 0.25) is 0 Å². The highest BCUT2D eigenvalue weighted by molar-refractivity contribution is 8.16. The van der Waals surface area contributed by atoms with Crippen LogP contribution in [0.4, 0.5) is 5.69 Å². The number of benzene rings is 1. The molecule has 4 rings (SSSR count). The molecule has 1 amide bonds. The first-order valence-electron chi connectivity index (χ1n) is 8.85. The number of hydrogen-bond donors (Lipinski definition) is 0. The third-order valence-electron chi connectivity index (χ3n) is 5.03. The number of Topliss-reactive ketones (excluding diaryl/α,β-unsaturated/α-hetero) is 1. The molecule has 1 aromatic rings. The lowest BCUT2D eigenvalue weighted by molar-refractivity contribution is -0.126. The summed E-state index contributed by atoms with van der Waals surface area (Å²) in [6.45, 7) is 2.06. The molecular weight excluding hydrogens is 388 g/mol. The third kappa shape index (κ3) is 3.68. The first-order valence-corrected chi connectivity index (χ1v) is 11.6. The highest BCUT2D eigenvalue weighted by Crippen LogP contribution is 2.41. The van der Waals surface area contributed by atoms with E-state index >= 15 is 0 Å². The van der Waals surface area contributed by atoms with Crippen LogP contribution in [0.5, 0.6) is 0 Å². The van der Waals surface area contributed by atoms with E-state index in [1.807, 2.05) is 4.90 Å². The fourth-order valence-electron chi connectivity index (χ4n) is 3.66. The number of nitrogens with zero attached hydrogens (tertiary/aromatic N) is 2. The average Bonchev–Trinajstić information content (AvgIpc) is 3.29. The summed E-state index contributed by atoms with van der Waals surface area (Å²) in [4.78, 5) is 30.1. The molecule has 0 aromatic heterocycles. The minimum Gasteiger partial charge on any atom is -0.368 e. The quantitative estimate of drug-likeness (QED) is 0.702. The summed E-state index contributed by atoms with van der Waals surface area (Å²) in [6.07, 6.45) is 0.993. The number of thioether (sulfide) groups is 1. The Kier molecular flexibility index (Phi) is 4.85. The van der Waals surface area contributed by atoms with Gasteiger partial charge in [-0.1, -0.05) is 11.8 Å². The smallest absolute Gasteiger partial charge is 0.277 e. The molecule has 3 fully saturated rings. The van der Waals surface area contributed by atoms with E-state index < -0.39 is 15.9 Å². The number of aliphatic imine (C=N–C) groups is 1. The van der Waals surface area contributed by atoms with Crippen LogP contribution in [0.1, 0.15) is 30.1 Å². The number of carbonyl (C=O) groups excluding carboxylic acids is 2. The Hall–Kier alpha value is -1.71. The predicted molar refractivity (Wildman–Crippen MR) is 104 cm³/mol. The average molecular weight is 409 g/mol. The van der Waals surface area contributed by atoms with E-state index in [2.05, 4.69) is 4.99 Å². The van der Waals surface area contributed by atoms with Gasteiger partial charge in [-0.05, 0) is 44.0 Å². The molecule has 0 spiro atoms. The van der Waals surface area contributed by atoms with Crippen molar-refractivity contribution in [1.82, 2.24) is 0 Å². The molecule has 3 atom stereocenters. The van der Waals surface area contributed by atoms with Gasteiger partial charge in [0.2, 0.25) is 0 Å². The second-order valence-corrected chi connectivity index (χ2v) is 10.4. The van der Waals surface area contributed by atoms with E-state index in [1.54, 1.807) is 24.3 Å². The van der Waals surface area contributed by atoms with Crippen LogP contribution in [0.25, 0.3) is 0 Å². The summed E-state index contributed by atoms with van der Waals surface area (Å²) in [6, 6.07) is 6.70. The number of fused-ring (bicyclic) bond motifs is 1. The molecule has 0 saturated carbocycles. The summed E-state index contributed by atoms with van der Waals surface area (Å²) < 4.78 is 29.6. The van der Waals surface area contributed by atoms with Crippen LogP contribution in [-0.4, -0.2) is 60.8 Å². The van der Waals surface area contributed by atoms with Crippen LogP contribution in [-0.2, 0) is 19.4 Å². The zero-order chi connectivity index (χ0) is 19.2. The lowest BCUT2D eigenvalue weighted by Gasteiger charge is -2.24. The molecule has 3 heterocycles. The Balaban J connectivity index is 1.67. The second-order valence-electron chi connectivity index (χ2n) is 7.01. The maximum atomic E-state index is 12.5. The van der Waals surface area contributed by atoms with Gasteiger partial charge in [0.25, 0.3) is 5.91 Å². The maximum Gasteiger partial charge on any atom is 0.277 e. The standard InChI is InChI=1S/C18H20N2O5S2/c1-11(21)12-4-6-13(7-5-12)20-14-9-27(23,24)10-16(14)26-18(20)19-17(22)15-3-2-8-25-15/h4-7,14-16H,2-3,8-10H2,1H3/t14-,15+,16+/m0/s1. The molecule has 3 aliphatic rings. The molecule has 3 saturated heterocycles. The number of hydrogen-bond acceptors (Lipinski definition) is 6. The van der Waals surface area contributed by atoms with E-state index in [4.69, 9.17) is 4.74 Å². The molecule has 0 bridgehead atoms. The molecule has 144 valence electrons. The van der Waals surface area contributed by atoms with E-state index in [0.717, 1.165) is 12.1 Å². The minimum absolute atomic E-state index is 0.0340. The van der Waals surface area contributed by atoms with Crippen LogP contribution in [0, 0.1) is 0 Å². The van der Waals surface area contributed by atoms with Crippen molar-refractivity contribution in [3.8, 4) is 0 Å². The van der Waals surface area contributed by atoms with Crippen LogP contribution < -0.4 is 4.90 Å². The highest BCUT2D eigenvalue weighted by atomic mass is 32.2. The van der Waals surface area contributed by atoms with Gasteiger partial charge in [-0.2, -0.15) is 4.99 Å². The van der Waals surface area contributed by atoms with Gasteiger partial charge in [0.05, 0.1) is 17.5 Å². The van der Waals surface area contributed by atoms with Crippen molar-refractivity contribution >= 4 is 44.1 Å². The van der Waals surface area contributed by atoms with Crippen molar-refractivity contribution in [2.75, 3.05) is 23.0 Å². The fourth-order valence-corrected chi connectivity index (χ4v) is 7.58. The van der Waals surface area contributed by atoms with Crippen molar-refractivity contribution < 1.29 is 22.7 Å². The van der Waals surface area contributed by atoms with E-state index in [9.17, 15) is 18.0 Å². The first-order chi connectivity index (χ1) is 12.8. The Labute approximate surface area is 162 Å². The van der Waals surface area contributed by atoms with Gasteiger partial charge in [0.1, 0.15) is 6.10 Å². The third-order valence-corrected chi connectivity index (χ3v) is 8.24. The second kappa shape index (κ2) is 7.03. The molecule has 0 radical (unpaired) electrons. The molecular formula is C18H20N2O5S2. The molecule has 3 aliphatic heterocycles. The lowest BCUT2D eigenvalue weighted by atomic mass is 10.1. The summed E-state index contributed by atoms with van der Waals surface area (Å²) in [5, 5.41) is 0.356. The monoisotopic (exact) mass is 408 g/mol. The van der Waals surface area contributed by atoms with Gasteiger partial charge >= 0.3 is 0 Å². The number of ether oxygens (including phenoxy) is 1. The first kappa shape index (κ1) is 18.6. The zero-order valence-corrected chi connectivity index (χ0v) is 16.5. The van der Waals surface area contributed by atoms with Gasteiger partial charge in [-0.15, -0.1) is 0 Å². The molecule has 9 heteroatoms. The number of ketones is 1. The van der Waals surface area contributed by atoms with Crippen molar-refractivity contribution in [3.05, 3.63) is 29.8 Å². The van der Waals surface area contributed by atoms with E-state index in [-0.39, 0.29) is 34.5 Å². The SMILES string of the molecule is CC(=O)c1ccc(N2C(=NC(=O)[C@H]3CCCO3)S[C@@H]3CS(=O)(=O)C[C@@H]32)cc1. The van der Waals surface area contributed by atoms with E-state index in [1.165, 1.54) is 18.7 Å². The zero-order valence-electron chi connectivity index (χ0n) is 14.8. The van der Waals surface area contributed by atoms with Crippen LogP contribution in [0.3, 0.4) is 0 Å². The van der Waals surface area contributed by atoms with Gasteiger partial charge in [-0.3, -0.25) is 9.59 Å². The topological polar surface area (TPSA) is 93.1 Å². The van der Waals surface area contributed by atoms with Gasteiger partial charge < -0.3 is 9.64 Å². The van der Waals surface area contributed by atoms with Crippen molar-refractivity contribution in [1.29, 1.82) is 0 Å². The minimum atomic E-state index is -3.12. The van der Waals surface area contributed by atoms with Crippen LogP contribution in [0.15, 0.2) is 29.3 Å². The number of amidine groups is 1. The Morgan fingerprint density at radius 2 is 1.96 bits per heavy atom. The summed E-state index contributed by atoms with van der Waals surface area (Å²) >= 11 is 1.34. The number of amides is 1.